The number of rotatable bonds is 5. The van der Waals surface area contributed by atoms with Crippen molar-refractivity contribution in [3.63, 3.8) is 0 Å². The number of nitrogens with zero attached hydrogens (tertiary/aromatic N) is 1. The Hall–Kier alpha value is -3.12. The van der Waals surface area contributed by atoms with Crippen LogP contribution in [0.5, 0.6) is 5.75 Å². The Morgan fingerprint density at radius 1 is 1.10 bits per heavy atom. The number of amides is 1. The quantitative estimate of drug-likeness (QED) is 0.725. The van der Waals surface area contributed by atoms with Gasteiger partial charge in [-0.3, -0.25) is 4.79 Å². The second-order valence-electron chi connectivity index (χ2n) is 8.58. The van der Waals surface area contributed by atoms with Crippen LogP contribution in [0, 0.1) is 11.8 Å². The molecule has 0 aromatic heterocycles. The van der Waals surface area contributed by atoms with Gasteiger partial charge in [-0.15, -0.1) is 0 Å². The Kier molecular flexibility index (Phi) is 4.82. The zero-order valence-electron chi connectivity index (χ0n) is 17.3. The number of carbonyl (C=O) groups excluding carboxylic acids is 1. The lowest BCUT2D eigenvalue weighted by molar-refractivity contribution is -0.163. The van der Waals surface area contributed by atoms with E-state index in [1.165, 1.54) is 4.90 Å². The lowest BCUT2D eigenvalue weighted by atomic mass is 9.71. The van der Waals surface area contributed by atoms with E-state index < -0.39 is 24.1 Å². The maximum absolute atomic E-state index is 12.7. The smallest absolute Gasteiger partial charge is 0.352 e. The summed E-state index contributed by atoms with van der Waals surface area (Å²) in [6, 6.07) is 17.4. The van der Waals surface area contributed by atoms with Gasteiger partial charge in [0.15, 0.2) is 0 Å². The van der Waals surface area contributed by atoms with Crippen LogP contribution in [0.2, 0.25) is 0 Å². The summed E-state index contributed by atoms with van der Waals surface area (Å²) in [4.78, 5) is 26.3. The summed E-state index contributed by atoms with van der Waals surface area (Å²) in [6.45, 7) is 1.60. The molecular weight excluding hydrogens is 394 g/mol. The minimum absolute atomic E-state index is 0.0544. The summed E-state index contributed by atoms with van der Waals surface area (Å²) in [5.41, 5.74) is 2.72. The number of aliphatic carboxylic acids is 1. The fourth-order valence-electron chi connectivity index (χ4n) is 5.54. The van der Waals surface area contributed by atoms with Gasteiger partial charge in [0.05, 0.1) is 18.1 Å². The molecule has 3 aliphatic rings. The molecule has 31 heavy (non-hydrogen) atoms. The monoisotopic (exact) mass is 419 g/mol. The second-order valence-corrected chi connectivity index (χ2v) is 8.58. The van der Waals surface area contributed by atoms with E-state index in [-0.39, 0.29) is 23.6 Å². The zero-order chi connectivity index (χ0) is 21.7. The number of hydrogen-bond donors (Lipinski definition) is 2. The molecule has 5 atom stereocenters. The summed E-state index contributed by atoms with van der Waals surface area (Å²) in [6.07, 6.45) is 1.15. The van der Waals surface area contributed by atoms with Crippen molar-refractivity contribution in [2.75, 3.05) is 0 Å². The van der Waals surface area contributed by atoms with Gasteiger partial charge in [0, 0.05) is 17.1 Å². The number of para-hydroxylation sites is 1. The van der Waals surface area contributed by atoms with Gasteiger partial charge in [-0.05, 0) is 37.8 Å². The van der Waals surface area contributed by atoms with Gasteiger partial charge >= 0.3 is 5.97 Å². The molecule has 1 amide bonds. The van der Waals surface area contributed by atoms with Crippen molar-refractivity contribution in [2.24, 2.45) is 11.8 Å². The van der Waals surface area contributed by atoms with E-state index in [9.17, 15) is 19.8 Å². The number of aliphatic hydroxyl groups is 1. The van der Waals surface area contributed by atoms with Gasteiger partial charge in [-0.25, -0.2) is 4.79 Å². The van der Waals surface area contributed by atoms with Crippen LogP contribution in [0.3, 0.4) is 0 Å². The molecule has 2 aromatic carbocycles. The molecule has 1 saturated carbocycles. The average Bonchev–Trinajstić information content (AvgIpc) is 3.06. The normalized spacial score (nSPS) is 27.9. The molecule has 2 aromatic rings. The summed E-state index contributed by atoms with van der Waals surface area (Å²) < 4.78 is 6.47. The van der Waals surface area contributed by atoms with Crippen LogP contribution in [0.15, 0.2) is 65.9 Å². The largest absolute Gasteiger partial charge is 0.485 e. The molecule has 2 N–H and O–H groups in total. The van der Waals surface area contributed by atoms with Gasteiger partial charge in [-0.2, -0.15) is 0 Å². The predicted molar refractivity (Wildman–Crippen MR) is 114 cm³/mol. The van der Waals surface area contributed by atoms with Gasteiger partial charge in [0.2, 0.25) is 5.91 Å². The highest BCUT2D eigenvalue weighted by Gasteiger charge is 2.62. The first-order valence-electron chi connectivity index (χ1n) is 10.8. The molecular formula is C25H25NO5. The van der Waals surface area contributed by atoms with E-state index in [0.717, 1.165) is 24.0 Å². The van der Waals surface area contributed by atoms with E-state index >= 15 is 0 Å². The van der Waals surface area contributed by atoms with Crippen molar-refractivity contribution >= 4 is 11.9 Å². The summed E-state index contributed by atoms with van der Waals surface area (Å²) in [5, 5.41) is 20.1. The van der Waals surface area contributed by atoms with Gasteiger partial charge in [0.1, 0.15) is 17.6 Å². The predicted octanol–water partition coefficient (Wildman–Crippen LogP) is 3.46. The number of aliphatic hydroxyl groups excluding tert-OH is 1. The number of β-lactam (4-membered cyclic amide) rings is 1. The topological polar surface area (TPSA) is 87.1 Å². The van der Waals surface area contributed by atoms with E-state index in [0.29, 0.717) is 17.7 Å². The van der Waals surface area contributed by atoms with E-state index in [1.807, 2.05) is 54.6 Å². The number of carboxylic acids is 1. The third-order valence-corrected chi connectivity index (χ3v) is 6.81. The number of carbonyl (C=O) groups is 2. The number of hydrogen-bond acceptors (Lipinski definition) is 4. The van der Waals surface area contributed by atoms with E-state index in [4.69, 9.17) is 4.74 Å². The number of carboxylic acid groups (broad SMARTS) is 1. The van der Waals surface area contributed by atoms with Crippen molar-refractivity contribution in [3.05, 3.63) is 65.9 Å². The zero-order valence-corrected chi connectivity index (χ0v) is 17.3. The maximum atomic E-state index is 12.7. The van der Waals surface area contributed by atoms with E-state index in [2.05, 4.69) is 0 Å². The second kappa shape index (κ2) is 7.54. The Bertz CT molecular complexity index is 1060. The molecule has 0 bridgehead atoms. The lowest BCUT2D eigenvalue weighted by Gasteiger charge is -2.47. The van der Waals surface area contributed by atoms with Gasteiger partial charge in [0.25, 0.3) is 0 Å². The highest BCUT2D eigenvalue weighted by atomic mass is 16.5. The Morgan fingerprint density at radius 3 is 2.52 bits per heavy atom. The fraction of sp³-hybridized carbons (Fsp3) is 0.360. The SMILES string of the molecule is CC(O)C1C(=O)N2C(C(=O)O)=C3C(Oc4ccccc4-c4ccccc4)CCCC3C12. The molecule has 0 spiro atoms. The van der Waals surface area contributed by atoms with E-state index in [1.54, 1.807) is 6.92 Å². The standard InChI is InChI=1S/C25H25NO5/c1-14(27)20-22-17-11-7-13-19(21(17)23(25(29)30)26(22)24(20)28)31-18-12-6-5-10-16(18)15-8-3-2-4-9-15/h2-6,8-10,12,14,17,19-20,22,27H,7,11,13H2,1H3,(H,29,30). The van der Waals surface area contributed by atoms with Crippen LogP contribution >= 0.6 is 0 Å². The molecule has 5 unspecified atom stereocenters. The van der Waals surface area contributed by atoms with Crippen molar-refractivity contribution in [1.82, 2.24) is 4.90 Å². The molecule has 2 heterocycles. The Balaban J connectivity index is 1.53. The summed E-state index contributed by atoms with van der Waals surface area (Å²) in [5.74, 6) is -1.35. The minimum Gasteiger partial charge on any atom is -0.485 e. The lowest BCUT2D eigenvalue weighted by Crippen LogP contribution is -2.64. The van der Waals surface area contributed by atoms with Crippen molar-refractivity contribution in [3.8, 4) is 16.9 Å². The Morgan fingerprint density at radius 2 is 1.81 bits per heavy atom. The van der Waals surface area contributed by atoms with Crippen molar-refractivity contribution in [1.29, 1.82) is 0 Å². The molecule has 6 heteroatoms. The highest BCUT2D eigenvalue weighted by Crippen LogP contribution is 2.53. The number of benzene rings is 2. The first-order chi connectivity index (χ1) is 15.0. The first kappa shape index (κ1) is 19.8. The van der Waals surface area contributed by atoms with Crippen LogP contribution < -0.4 is 4.74 Å². The molecule has 5 rings (SSSR count). The van der Waals surface area contributed by atoms with Crippen molar-refractivity contribution < 1.29 is 24.5 Å². The Labute approximate surface area is 180 Å². The molecule has 2 aliphatic heterocycles. The van der Waals surface area contributed by atoms with Crippen LogP contribution in [0.25, 0.3) is 11.1 Å². The molecule has 2 fully saturated rings. The van der Waals surface area contributed by atoms with Crippen molar-refractivity contribution in [2.45, 2.75) is 44.4 Å². The fourth-order valence-corrected chi connectivity index (χ4v) is 5.54. The average molecular weight is 419 g/mol. The highest BCUT2D eigenvalue weighted by molar-refractivity contribution is 6.00. The number of fused-ring (bicyclic) bond motifs is 3. The van der Waals surface area contributed by atoms with Gasteiger partial charge in [-0.1, -0.05) is 48.5 Å². The molecule has 1 aliphatic carbocycles. The molecule has 1 saturated heterocycles. The number of ether oxygens (including phenoxy) is 1. The maximum Gasteiger partial charge on any atom is 0.352 e. The summed E-state index contributed by atoms with van der Waals surface area (Å²) in [7, 11) is 0. The van der Waals surface area contributed by atoms with Gasteiger partial charge < -0.3 is 19.8 Å². The third-order valence-electron chi connectivity index (χ3n) is 6.81. The third kappa shape index (κ3) is 3.05. The summed E-state index contributed by atoms with van der Waals surface area (Å²) >= 11 is 0. The van der Waals surface area contributed by atoms with Crippen LogP contribution in [-0.2, 0) is 9.59 Å². The van der Waals surface area contributed by atoms with Crippen LogP contribution in [0.4, 0.5) is 0 Å². The minimum atomic E-state index is -1.10. The molecule has 0 radical (unpaired) electrons. The first-order valence-corrected chi connectivity index (χ1v) is 10.8. The van der Waals surface area contributed by atoms with Crippen LogP contribution in [-0.4, -0.2) is 45.2 Å². The van der Waals surface area contributed by atoms with Crippen LogP contribution in [0.1, 0.15) is 26.2 Å². The molecule has 160 valence electrons. The molecule has 6 nitrogen and oxygen atoms in total.